The number of nitrogens with zero attached hydrogens (tertiary/aromatic N) is 3. The summed E-state index contributed by atoms with van der Waals surface area (Å²) in [5, 5.41) is 3.86. The van der Waals surface area contributed by atoms with Crippen molar-refractivity contribution in [3.8, 4) is 10.7 Å². The molecule has 0 spiro atoms. The van der Waals surface area contributed by atoms with Crippen LogP contribution in [-0.2, 0) is 14.8 Å². The number of likely N-dealkylation sites (tertiary alicyclic amines) is 1. The monoisotopic (exact) mass is 490 g/mol. The van der Waals surface area contributed by atoms with Crippen molar-refractivity contribution in [2.45, 2.75) is 31.6 Å². The van der Waals surface area contributed by atoms with Crippen LogP contribution in [0.2, 0.25) is 0 Å². The summed E-state index contributed by atoms with van der Waals surface area (Å²) in [7, 11) is -3.91. The first-order chi connectivity index (χ1) is 15.8. The van der Waals surface area contributed by atoms with Gasteiger partial charge in [0.1, 0.15) is 4.90 Å². The van der Waals surface area contributed by atoms with Gasteiger partial charge in [0, 0.05) is 23.7 Å². The molecule has 4 rings (SSSR count). The second-order valence-electron chi connectivity index (χ2n) is 7.36. The molecular weight excluding hydrogens is 468 g/mol. The summed E-state index contributed by atoms with van der Waals surface area (Å²) < 4.78 is 38.5. The third kappa shape index (κ3) is 4.91. The molecule has 10 nitrogen and oxygen atoms in total. The number of thiophene rings is 1. The van der Waals surface area contributed by atoms with Crippen molar-refractivity contribution >= 4 is 38.9 Å². The predicted molar refractivity (Wildman–Crippen MR) is 121 cm³/mol. The Bertz CT molecular complexity index is 1270. The van der Waals surface area contributed by atoms with Crippen LogP contribution >= 0.6 is 11.3 Å². The highest BCUT2D eigenvalue weighted by Gasteiger charge is 2.27. The molecule has 33 heavy (non-hydrogen) atoms. The van der Waals surface area contributed by atoms with E-state index in [4.69, 9.17) is 9.26 Å². The molecule has 1 N–H and O–H groups in total. The highest BCUT2D eigenvalue weighted by Crippen LogP contribution is 2.33. The quantitative estimate of drug-likeness (QED) is 0.499. The normalized spacial score (nSPS) is 13.8. The Morgan fingerprint density at radius 1 is 1.21 bits per heavy atom. The van der Waals surface area contributed by atoms with E-state index in [9.17, 15) is 18.0 Å². The van der Waals surface area contributed by atoms with Crippen LogP contribution in [0, 0.1) is 6.92 Å². The molecular formula is C21H22N4O6S2. The van der Waals surface area contributed by atoms with Crippen molar-refractivity contribution < 1.29 is 27.3 Å². The second kappa shape index (κ2) is 9.32. The van der Waals surface area contributed by atoms with Crippen LogP contribution in [0.4, 0.5) is 5.69 Å². The zero-order chi connectivity index (χ0) is 23.6. The molecule has 1 fully saturated rings. The predicted octanol–water partition coefficient (Wildman–Crippen LogP) is 3.32. The molecule has 3 aromatic rings. The molecule has 1 aliphatic heterocycles. The largest absolute Gasteiger partial charge is 0.462 e. The lowest BCUT2D eigenvalue weighted by Crippen LogP contribution is -2.27. The van der Waals surface area contributed by atoms with Crippen molar-refractivity contribution in [2.24, 2.45) is 0 Å². The van der Waals surface area contributed by atoms with Crippen LogP contribution < -0.4 is 4.72 Å². The fourth-order valence-electron chi connectivity index (χ4n) is 3.41. The summed E-state index contributed by atoms with van der Waals surface area (Å²) >= 11 is 1.18. The zero-order valence-electron chi connectivity index (χ0n) is 18.0. The van der Waals surface area contributed by atoms with Gasteiger partial charge in [0.05, 0.1) is 17.0 Å². The molecule has 0 unspecified atom stereocenters. The van der Waals surface area contributed by atoms with Crippen molar-refractivity contribution in [3.63, 3.8) is 0 Å². The molecule has 12 heteroatoms. The van der Waals surface area contributed by atoms with Crippen LogP contribution in [0.15, 0.2) is 39.8 Å². The van der Waals surface area contributed by atoms with E-state index in [1.54, 1.807) is 18.7 Å². The standard InChI is InChI=1S/C21H22N4O6S2/c1-3-30-21(27)14-6-8-15(9-7-14)24-33(28,29)17-12-16(32-13(17)2)18-22-19(31-23-18)20(26)25-10-4-5-11-25/h6-9,12,24H,3-5,10-11H2,1-2H3. The number of amides is 1. The third-order valence-corrected chi connectivity index (χ3v) is 7.72. The van der Waals surface area contributed by atoms with Gasteiger partial charge in [-0.2, -0.15) is 4.98 Å². The number of hydrogen-bond acceptors (Lipinski definition) is 9. The van der Waals surface area contributed by atoms with E-state index < -0.39 is 16.0 Å². The van der Waals surface area contributed by atoms with Gasteiger partial charge in [0.25, 0.3) is 10.0 Å². The number of carbonyl (C=O) groups excluding carboxylic acids is 2. The number of anilines is 1. The molecule has 1 saturated heterocycles. The number of benzene rings is 1. The Morgan fingerprint density at radius 2 is 1.91 bits per heavy atom. The number of sulfonamides is 1. The van der Waals surface area contributed by atoms with Gasteiger partial charge in [0.15, 0.2) is 0 Å². The maximum absolute atomic E-state index is 13.0. The average molecular weight is 491 g/mol. The van der Waals surface area contributed by atoms with Gasteiger partial charge in [-0.1, -0.05) is 5.16 Å². The summed E-state index contributed by atoms with van der Waals surface area (Å²) in [5.41, 5.74) is 0.624. The van der Waals surface area contributed by atoms with Gasteiger partial charge >= 0.3 is 17.8 Å². The fraction of sp³-hybridized carbons (Fsp3) is 0.333. The highest BCUT2D eigenvalue weighted by atomic mass is 32.2. The Kier molecular flexibility index (Phi) is 6.47. The molecule has 0 bridgehead atoms. The molecule has 0 atom stereocenters. The second-order valence-corrected chi connectivity index (χ2v) is 10.3. The Hall–Kier alpha value is -3.25. The fourth-order valence-corrected chi connectivity index (χ4v) is 5.98. The molecule has 0 saturated carbocycles. The van der Waals surface area contributed by atoms with E-state index >= 15 is 0 Å². The van der Waals surface area contributed by atoms with E-state index in [1.807, 2.05) is 0 Å². The molecule has 1 amide bonds. The van der Waals surface area contributed by atoms with Crippen molar-refractivity contribution in [1.82, 2.24) is 15.0 Å². The number of rotatable bonds is 7. The SMILES string of the molecule is CCOC(=O)c1ccc(NS(=O)(=O)c2cc(-c3noc(C(=O)N4CCCC4)n3)sc2C)cc1. The van der Waals surface area contributed by atoms with Crippen molar-refractivity contribution in [3.05, 3.63) is 46.7 Å². The number of carbonyl (C=O) groups is 2. The summed E-state index contributed by atoms with van der Waals surface area (Å²) in [5.74, 6) is -0.749. The first-order valence-corrected chi connectivity index (χ1v) is 12.6. The average Bonchev–Trinajstić information content (AvgIpc) is 3.54. The minimum absolute atomic E-state index is 0.0641. The van der Waals surface area contributed by atoms with Gasteiger partial charge in [0.2, 0.25) is 5.82 Å². The summed E-state index contributed by atoms with van der Waals surface area (Å²) in [4.78, 5) is 31.1. The molecule has 1 aromatic carbocycles. The van der Waals surface area contributed by atoms with Gasteiger partial charge in [-0.05, 0) is 57.0 Å². The number of hydrogen-bond donors (Lipinski definition) is 1. The first kappa shape index (κ1) is 22.9. The zero-order valence-corrected chi connectivity index (χ0v) is 19.7. The van der Waals surface area contributed by atoms with Gasteiger partial charge in [-0.25, -0.2) is 13.2 Å². The summed E-state index contributed by atoms with van der Waals surface area (Å²) in [6, 6.07) is 7.40. The first-order valence-electron chi connectivity index (χ1n) is 10.3. The molecule has 0 aliphatic carbocycles. The van der Waals surface area contributed by atoms with Crippen molar-refractivity contribution in [2.75, 3.05) is 24.4 Å². The molecule has 174 valence electrons. The van der Waals surface area contributed by atoms with E-state index in [-0.39, 0.29) is 29.1 Å². The summed E-state index contributed by atoms with van der Waals surface area (Å²) in [6.07, 6.45) is 1.88. The van der Waals surface area contributed by atoms with Crippen molar-refractivity contribution in [1.29, 1.82) is 0 Å². The Labute approximate surface area is 194 Å². The van der Waals surface area contributed by atoms with E-state index in [2.05, 4.69) is 14.9 Å². The van der Waals surface area contributed by atoms with Gasteiger partial charge in [-0.15, -0.1) is 11.3 Å². The lowest BCUT2D eigenvalue weighted by atomic mass is 10.2. The Morgan fingerprint density at radius 3 is 2.58 bits per heavy atom. The Balaban J connectivity index is 1.51. The van der Waals surface area contributed by atoms with Gasteiger partial charge in [-0.3, -0.25) is 9.52 Å². The highest BCUT2D eigenvalue weighted by molar-refractivity contribution is 7.93. The lowest BCUT2D eigenvalue weighted by molar-refractivity contribution is 0.0526. The number of nitrogens with one attached hydrogen (secondary N) is 1. The van der Waals surface area contributed by atoms with Crippen LogP contribution in [0.5, 0.6) is 0 Å². The van der Waals surface area contributed by atoms with Crippen LogP contribution in [0.25, 0.3) is 10.7 Å². The number of aryl methyl sites for hydroxylation is 1. The smallest absolute Gasteiger partial charge is 0.338 e. The topological polar surface area (TPSA) is 132 Å². The maximum Gasteiger partial charge on any atom is 0.338 e. The minimum Gasteiger partial charge on any atom is -0.462 e. The van der Waals surface area contributed by atoms with E-state index in [0.29, 0.717) is 34.1 Å². The number of esters is 1. The van der Waals surface area contributed by atoms with Crippen LogP contribution in [0.3, 0.4) is 0 Å². The molecule has 0 radical (unpaired) electrons. The van der Waals surface area contributed by atoms with E-state index in [0.717, 1.165) is 12.8 Å². The summed E-state index contributed by atoms with van der Waals surface area (Å²) in [6.45, 7) is 4.94. The van der Waals surface area contributed by atoms with Gasteiger partial charge < -0.3 is 14.2 Å². The maximum atomic E-state index is 13.0. The molecule has 1 aliphatic rings. The molecule has 2 aromatic heterocycles. The molecule has 3 heterocycles. The van der Waals surface area contributed by atoms with E-state index in [1.165, 1.54) is 41.7 Å². The third-order valence-electron chi connectivity index (χ3n) is 5.03. The van der Waals surface area contributed by atoms with Crippen LogP contribution in [-0.4, -0.2) is 55.0 Å². The lowest BCUT2D eigenvalue weighted by Gasteiger charge is -2.10. The van der Waals surface area contributed by atoms with Crippen LogP contribution in [0.1, 0.15) is 45.7 Å². The minimum atomic E-state index is -3.91. The number of ether oxygens (including phenoxy) is 1. The number of aromatic nitrogens is 2.